The van der Waals surface area contributed by atoms with E-state index in [4.69, 9.17) is 4.42 Å². The molecular formula is C14H20N2O. The van der Waals surface area contributed by atoms with Crippen molar-refractivity contribution < 1.29 is 4.42 Å². The van der Waals surface area contributed by atoms with Crippen molar-refractivity contribution >= 4 is 17.1 Å². The Labute approximate surface area is 102 Å². The average molecular weight is 232 g/mol. The molecule has 0 saturated carbocycles. The molecule has 1 heterocycles. The summed E-state index contributed by atoms with van der Waals surface area (Å²) in [7, 11) is 2.02. The molecule has 2 aromatic rings. The topological polar surface area (TPSA) is 29.3 Å². The number of benzene rings is 1. The van der Waals surface area contributed by atoms with Crippen molar-refractivity contribution in [2.75, 3.05) is 18.5 Å². The fraction of sp³-hybridized carbons (Fsp3) is 0.500. The summed E-state index contributed by atoms with van der Waals surface area (Å²) in [6.07, 6.45) is 1.11. The molecule has 0 spiro atoms. The normalized spacial score (nSPS) is 12.0. The first-order valence-electron chi connectivity index (χ1n) is 6.02. The molecule has 0 aliphatic heterocycles. The molecule has 0 saturated heterocycles. The number of anilines is 1. The van der Waals surface area contributed by atoms with Crippen LogP contribution in [0.5, 0.6) is 0 Å². The van der Waals surface area contributed by atoms with Crippen molar-refractivity contribution in [3.05, 3.63) is 24.3 Å². The van der Waals surface area contributed by atoms with Crippen LogP contribution in [0.4, 0.5) is 6.01 Å². The first kappa shape index (κ1) is 12.0. The number of hydrogen-bond acceptors (Lipinski definition) is 3. The highest BCUT2D eigenvalue weighted by Gasteiger charge is 2.14. The van der Waals surface area contributed by atoms with E-state index in [-0.39, 0.29) is 0 Å². The van der Waals surface area contributed by atoms with Crippen molar-refractivity contribution in [1.82, 2.24) is 4.98 Å². The van der Waals surface area contributed by atoms with Gasteiger partial charge in [0, 0.05) is 13.6 Å². The van der Waals surface area contributed by atoms with Crippen molar-refractivity contribution in [3.63, 3.8) is 0 Å². The van der Waals surface area contributed by atoms with E-state index in [1.54, 1.807) is 0 Å². The molecule has 0 N–H and O–H groups in total. The average Bonchev–Trinajstić information content (AvgIpc) is 2.68. The highest BCUT2D eigenvalue weighted by Crippen LogP contribution is 2.23. The lowest BCUT2D eigenvalue weighted by atomic mass is 9.92. The molecule has 0 aliphatic rings. The lowest BCUT2D eigenvalue weighted by molar-refractivity contribution is 0.378. The van der Waals surface area contributed by atoms with Crippen LogP contribution in [0.25, 0.3) is 11.1 Å². The third-order valence-corrected chi connectivity index (χ3v) is 2.81. The lowest BCUT2D eigenvalue weighted by Crippen LogP contribution is -2.23. The highest BCUT2D eigenvalue weighted by molar-refractivity contribution is 5.74. The molecule has 0 atom stereocenters. The fourth-order valence-electron chi connectivity index (χ4n) is 1.62. The Morgan fingerprint density at radius 2 is 1.94 bits per heavy atom. The van der Waals surface area contributed by atoms with Crippen LogP contribution in [0.3, 0.4) is 0 Å². The van der Waals surface area contributed by atoms with E-state index in [2.05, 4.69) is 30.7 Å². The Balaban J connectivity index is 2.11. The second-order valence-corrected chi connectivity index (χ2v) is 5.70. The van der Waals surface area contributed by atoms with Crippen molar-refractivity contribution in [1.29, 1.82) is 0 Å². The Morgan fingerprint density at radius 1 is 1.24 bits per heavy atom. The SMILES string of the molecule is CN(CCC(C)(C)C)c1nc2ccccc2o1. The maximum absolute atomic E-state index is 5.71. The summed E-state index contributed by atoms with van der Waals surface area (Å²) in [5, 5.41) is 0. The van der Waals surface area contributed by atoms with Gasteiger partial charge in [-0.05, 0) is 24.0 Å². The number of rotatable bonds is 3. The van der Waals surface area contributed by atoms with Gasteiger partial charge in [0.05, 0.1) is 0 Å². The minimum Gasteiger partial charge on any atom is -0.423 e. The molecule has 92 valence electrons. The van der Waals surface area contributed by atoms with Gasteiger partial charge in [0.1, 0.15) is 5.52 Å². The summed E-state index contributed by atoms with van der Waals surface area (Å²) in [6, 6.07) is 8.56. The third kappa shape index (κ3) is 2.99. The molecule has 17 heavy (non-hydrogen) atoms. The molecule has 0 radical (unpaired) electrons. The zero-order chi connectivity index (χ0) is 12.5. The van der Waals surface area contributed by atoms with Crippen LogP contribution in [0, 0.1) is 5.41 Å². The summed E-state index contributed by atoms with van der Waals surface area (Å²) in [6.45, 7) is 7.68. The summed E-state index contributed by atoms with van der Waals surface area (Å²) < 4.78 is 5.71. The van der Waals surface area contributed by atoms with E-state index in [0.717, 1.165) is 24.1 Å². The second-order valence-electron chi connectivity index (χ2n) is 5.70. The smallest absolute Gasteiger partial charge is 0.298 e. The van der Waals surface area contributed by atoms with Crippen molar-refractivity contribution in [2.45, 2.75) is 27.2 Å². The van der Waals surface area contributed by atoms with Crippen molar-refractivity contribution in [2.24, 2.45) is 5.41 Å². The van der Waals surface area contributed by atoms with Gasteiger partial charge in [-0.2, -0.15) is 4.98 Å². The van der Waals surface area contributed by atoms with E-state index < -0.39 is 0 Å². The zero-order valence-electron chi connectivity index (χ0n) is 11.0. The first-order valence-corrected chi connectivity index (χ1v) is 6.02. The predicted octanol–water partition coefficient (Wildman–Crippen LogP) is 3.70. The van der Waals surface area contributed by atoms with Gasteiger partial charge in [-0.1, -0.05) is 32.9 Å². The number of nitrogens with zero attached hydrogens (tertiary/aromatic N) is 2. The van der Waals surface area contributed by atoms with Gasteiger partial charge in [-0.3, -0.25) is 0 Å². The summed E-state index contributed by atoms with van der Waals surface area (Å²) in [5.74, 6) is 0. The Bertz CT molecular complexity index is 463. The van der Waals surface area contributed by atoms with Crippen LogP contribution in [0.2, 0.25) is 0 Å². The van der Waals surface area contributed by atoms with E-state index in [9.17, 15) is 0 Å². The van der Waals surface area contributed by atoms with Gasteiger partial charge in [0.15, 0.2) is 5.58 Å². The van der Waals surface area contributed by atoms with Crippen LogP contribution in [0.15, 0.2) is 28.7 Å². The Kier molecular flexibility index (Phi) is 3.09. The van der Waals surface area contributed by atoms with E-state index in [1.165, 1.54) is 0 Å². The third-order valence-electron chi connectivity index (χ3n) is 2.81. The summed E-state index contributed by atoms with van der Waals surface area (Å²) >= 11 is 0. The van der Waals surface area contributed by atoms with E-state index in [1.807, 2.05) is 31.3 Å². The first-order chi connectivity index (χ1) is 7.96. The minimum absolute atomic E-state index is 0.334. The van der Waals surface area contributed by atoms with Gasteiger partial charge < -0.3 is 9.32 Å². The standard InChI is InChI=1S/C14H20N2O/c1-14(2,3)9-10-16(4)13-15-11-7-5-6-8-12(11)17-13/h5-8H,9-10H2,1-4H3. The molecule has 0 aliphatic carbocycles. The predicted molar refractivity (Wildman–Crippen MR) is 71.4 cm³/mol. The van der Waals surface area contributed by atoms with Gasteiger partial charge in [0.2, 0.25) is 0 Å². The van der Waals surface area contributed by atoms with Crippen LogP contribution < -0.4 is 4.90 Å². The number of oxazole rings is 1. The molecule has 0 bridgehead atoms. The minimum atomic E-state index is 0.334. The van der Waals surface area contributed by atoms with Gasteiger partial charge in [-0.15, -0.1) is 0 Å². The van der Waals surface area contributed by atoms with Crippen LogP contribution >= 0.6 is 0 Å². The monoisotopic (exact) mass is 232 g/mol. The van der Waals surface area contributed by atoms with Gasteiger partial charge in [-0.25, -0.2) is 0 Å². The quantitative estimate of drug-likeness (QED) is 0.808. The summed E-state index contributed by atoms with van der Waals surface area (Å²) in [4.78, 5) is 6.55. The van der Waals surface area contributed by atoms with Gasteiger partial charge in [0.25, 0.3) is 6.01 Å². The van der Waals surface area contributed by atoms with E-state index >= 15 is 0 Å². The molecule has 0 unspecified atom stereocenters. The second kappa shape index (κ2) is 4.40. The number of hydrogen-bond donors (Lipinski definition) is 0. The molecule has 1 aromatic carbocycles. The fourth-order valence-corrected chi connectivity index (χ4v) is 1.62. The maximum Gasteiger partial charge on any atom is 0.298 e. The van der Waals surface area contributed by atoms with Gasteiger partial charge >= 0.3 is 0 Å². The molecular weight excluding hydrogens is 212 g/mol. The molecule has 3 heteroatoms. The van der Waals surface area contributed by atoms with Crippen LogP contribution in [0.1, 0.15) is 27.2 Å². The Hall–Kier alpha value is -1.51. The van der Waals surface area contributed by atoms with E-state index in [0.29, 0.717) is 11.4 Å². The molecule has 0 amide bonds. The number of fused-ring (bicyclic) bond motifs is 1. The number of para-hydroxylation sites is 2. The highest BCUT2D eigenvalue weighted by atomic mass is 16.4. The summed E-state index contributed by atoms with van der Waals surface area (Å²) in [5.41, 5.74) is 2.11. The van der Waals surface area contributed by atoms with Crippen molar-refractivity contribution in [3.8, 4) is 0 Å². The largest absolute Gasteiger partial charge is 0.423 e. The Morgan fingerprint density at radius 3 is 2.59 bits per heavy atom. The zero-order valence-corrected chi connectivity index (χ0v) is 11.0. The number of aromatic nitrogens is 1. The molecule has 2 rings (SSSR count). The lowest BCUT2D eigenvalue weighted by Gasteiger charge is -2.22. The van der Waals surface area contributed by atoms with Crippen LogP contribution in [-0.2, 0) is 0 Å². The molecule has 0 fully saturated rings. The molecule has 1 aromatic heterocycles. The maximum atomic E-state index is 5.71. The van der Waals surface area contributed by atoms with Crippen LogP contribution in [-0.4, -0.2) is 18.6 Å². The molecule has 3 nitrogen and oxygen atoms in total.